The maximum absolute atomic E-state index is 13.0. The van der Waals surface area contributed by atoms with E-state index in [1.807, 2.05) is 13.0 Å². The summed E-state index contributed by atoms with van der Waals surface area (Å²) in [5.74, 6) is 1.53. The molecule has 1 aromatic rings. The molecule has 126 valence electrons. The van der Waals surface area contributed by atoms with Gasteiger partial charge in [0.25, 0.3) is 0 Å². The SMILES string of the molecule is COc1ccc2c3c1O[C@]1(C)C(=O)C=C[C@@]4(Br)[C@@H](C2)N(C)CC[C@]341. The Kier molecular flexibility index (Phi) is 2.65. The average molecular weight is 390 g/mol. The van der Waals surface area contributed by atoms with Crippen LogP contribution in [0.15, 0.2) is 24.3 Å². The maximum Gasteiger partial charge on any atom is 0.199 e. The van der Waals surface area contributed by atoms with Gasteiger partial charge in [0, 0.05) is 11.6 Å². The Morgan fingerprint density at radius 3 is 2.96 bits per heavy atom. The van der Waals surface area contributed by atoms with Gasteiger partial charge in [0.15, 0.2) is 22.9 Å². The normalized spacial score (nSPS) is 41.8. The average Bonchev–Trinajstić information content (AvgIpc) is 2.84. The van der Waals surface area contributed by atoms with Crippen molar-refractivity contribution in [3.8, 4) is 11.5 Å². The van der Waals surface area contributed by atoms with Crippen LogP contribution in [0, 0.1) is 0 Å². The number of carbonyl (C=O) groups excluding carboxylic acids is 1. The van der Waals surface area contributed by atoms with Gasteiger partial charge in [-0.2, -0.15) is 0 Å². The zero-order valence-electron chi connectivity index (χ0n) is 14.1. The molecule has 0 amide bonds. The van der Waals surface area contributed by atoms with Crippen molar-refractivity contribution in [3.05, 3.63) is 35.4 Å². The molecule has 2 bridgehead atoms. The largest absolute Gasteiger partial charge is 0.493 e. The summed E-state index contributed by atoms with van der Waals surface area (Å²) >= 11 is 4.10. The third kappa shape index (κ3) is 1.29. The molecule has 2 aliphatic heterocycles. The summed E-state index contributed by atoms with van der Waals surface area (Å²) in [6.07, 6.45) is 5.61. The lowest BCUT2D eigenvalue weighted by atomic mass is 9.49. The first-order chi connectivity index (χ1) is 11.4. The number of ether oxygens (including phenoxy) is 2. The first kappa shape index (κ1) is 15.0. The van der Waals surface area contributed by atoms with Gasteiger partial charge in [-0.3, -0.25) is 4.79 Å². The van der Waals surface area contributed by atoms with E-state index in [-0.39, 0.29) is 15.5 Å². The Labute approximate surface area is 149 Å². The lowest BCUT2D eigenvalue weighted by Crippen LogP contribution is -2.75. The first-order valence-corrected chi connectivity index (χ1v) is 9.20. The smallest absolute Gasteiger partial charge is 0.199 e. The van der Waals surface area contributed by atoms with Gasteiger partial charge in [0.05, 0.1) is 16.8 Å². The predicted octanol–water partition coefficient (Wildman–Crippen LogP) is 2.62. The second-order valence-corrected chi connectivity index (χ2v) is 8.90. The summed E-state index contributed by atoms with van der Waals surface area (Å²) in [6, 6.07) is 4.42. The van der Waals surface area contributed by atoms with Gasteiger partial charge in [-0.05, 0) is 51.1 Å². The molecule has 4 aliphatic rings. The molecule has 0 radical (unpaired) electrons. The van der Waals surface area contributed by atoms with E-state index in [1.165, 1.54) is 11.1 Å². The quantitative estimate of drug-likeness (QED) is 0.692. The summed E-state index contributed by atoms with van der Waals surface area (Å²) in [5, 5.41) is 0. The fraction of sp³-hybridized carbons (Fsp3) is 0.526. The summed E-state index contributed by atoms with van der Waals surface area (Å²) in [7, 11) is 3.83. The number of halogens is 1. The molecule has 2 heterocycles. The van der Waals surface area contributed by atoms with E-state index >= 15 is 0 Å². The number of benzene rings is 1. The molecule has 1 aromatic carbocycles. The van der Waals surface area contributed by atoms with E-state index in [9.17, 15) is 4.79 Å². The summed E-state index contributed by atoms with van der Waals surface area (Å²) in [6.45, 7) is 2.92. The first-order valence-electron chi connectivity index (χ1n) is 8.41. The molecule has 0 N–H and O–H groups in total. The van der Waals surface area contributed by atoms with E-state index in [2.05, 4.69) is 40.0 Å². The van der Waals surface area contributed by atoms with Crippen LogP contribution in [0.3, 0.4) is 0 Å². The van der Waals surface area contributed by atoms with Gasteiger partial charge in [0.1, 0.15) is 0 Å². The topological polar surface area (TPSA) is 38.8 Å². The maximum atomic E-state index is 13.0. The van der Waals surface area contributed by atoms with Crippen LogP contribution in [-0.2, 0) is 16.6 Å². The number of piperidine rings is 1. The molecule has 0 saturated carbocycles. The molecule has 0 aromatic heterocycles. The van der Waals surface area contributed by atoms with Crippen LogP contribution in [0.25, 0.3) is 0 Å². The molecule has 5 rings (SSSR count). The number of likely N-dealkylation sites (N-methyl/N-ethyl adjacent to an activating group) is 1. The van der Waals surface area contributed by atoms with Crippen LogP contribution in [0.1, 0.15) is 24.5 Å². The molecule has 1 spiro atoms. The van der Waals surface area contributed by atoms with Crippen molar-refractivity contribution >= 4 is 21.7 Å². The molecule has 24 heavy (non-hydrogen) atoms. The molecule has 4 atom stereocenters. The van der Waals surface area contributed by atoms with Crippen LogP contribution in [0.4, 0.5) is 0 Å². The van der Waals surface area contributed by atoms with Gasteiger partial charge >= 0.3 is 0 Å². The summed E-state index contributed by atoms with van der Waals surface area (Å²) < 4.78 is 11.7. The number of carbonyl (C=O) groups is 1. The monoisotopic (exact) mass is 389 g/mol. The second kappa shape index (κ2) is 4.25. The minimum Gasteiger partial charge on any atom is -0.493 e. The van der Waals surface area contributed by atoms with E-state index in [0.717, 1.165) is 30.9 Å². The Bertz CT molecular complexity index is 821. The van der Waals surface area contributed by atoms with Gasteiger partial charge in [-0.1, -0.05) is 28.1 Å². The molecule has 4 nitrogen and oxygen atoms in total. The number of hydrogen-bond acceptors (Lipinski definition) is 4. The van der Waals surface area contributed by atoms with Crippen molar-refractivity contribution in [2.45, 2.75) is 41.1 Å². The number of hydrogen-bond donors (Lipinski definition) is 0. The van der Waals surface area contributed by atoms with Crippen molar-refractivity contribution < 1.29 is 14.3 Å². The number of ketones is 1. The highest BCUT2D eigenvalue weighted by atomic mass is 79.9. The summed E-state index contributed by atoms with van der Waals surface area (Å²) in [5.41, 5.74) is 1.18. The molecule has 0 unspecified atom stereocenters. The Morgan fingerprint density at radius 1 is 1.42 bits per heavy atom. The number of methoxy groups -OCH3 is 1. The van der Waals surface area contributed by atoms with Crippen molar-refractivity contribution in [3.63, 3.8) is 0 Å². The zero-order chi connectivity index (χ0) is 16.9. The van der Waals surface area contributed by atoms with Gasteiger partial charge in [-0.15, -0.1) is 0 Å². The molecule has 1 fully saturated rings. The highest BCUT2D eigenvalue weighted by Gasteiger charge is 2.76. The molecule has 1 saturated heterocycles. The zero-order valence-corrected chi connectivity index (χ0v) is 15.6. The fourth-order valence-electron chi connectivity index (χ4n) is 5.63. The highest BCUT2D eigenvalue weighted by molar-refractivity contribution is 9.10. The molecule has 2 aliphatic carbocycles. The van der Waals surface area contributed by atoms with Gasteiger partial charge < -0.3 is 14.4 Å². The van der Waals surface area contributed by atoms with Crippen LogP contribution < -0.4 is 9.47 Å². The minimum absolute atomic E-state index is 0.0481. The van der Waals surface area contributed by atoms with E-state index in [0.29, 0.717) is 6.04 Å². The van der Waals surface area contributed by atoms with Crippen molar-refractivity contribution in [1.29, 1.82) is 0 Å². The second-order valence-electron chi connectivity index (χ2n) is 7.59. The van der Waals surface area contributed by atoms with Gasteiger partial charge in [0.2, 0.25) is 0 Å². The highest BCUT2D eigenvalue weighted by Crippen LogP contribution is 2.69. The third-order valence-corrected chi connectivity index (χ3v) is 8.32. The van der Waals surface area contributed by atoms with E-state index in [4.69, 9.17) is 9.47 Å². The lowest BCUT2D eigenvalue weighted by molar-refractivity contribution is -0.138. The van der Waals surface area contributed by atoms with E-state index in [1.54, 1.807) is 13.2 Å². The Balaban J connectivity index is 1.93. The van der Waals surface area contributed by atoms with Crippen LogP contribution in [-0.4, -0.2) is 47.4 Å². The van der Waals surface area contributed by atoms with Crippen molar-refractivity contribution in [1.82, 2.24) is 4.90 Å². The molecular formula is C19H20BrNO3. The molecular weight excluding hydrogens is 370 g/mol. The van der Waals surface area contributed by atoms with Crippen LogP contribution in [0.2, 0.25) is 0 Å². The lowest BCUT2D eigenvalue weighted by Gasteiger charge is -2.62. The number of rotatable bonds is 1. The van der Waals surface area contributed by atoms with Gasteiger partial charge in [-0.25, -0.2) is 0 Å². The Morgan fingerprint density at radius 2 is 2.21 bits per heavy atom. The Hall–Kier alpha value is -1.33. The number of likely N-dealkylation sites (tertiary alicyclic amines) is 1. The van der Waals surface area contributed by atoms with Crippen molar-refractivity contribution in [2.24, 2.45) is 0 Å². The third-order valence-electron chi connectivity index (χ3n) is 6.85. The minimum atomic E-state index is -0.892. The standard InChI is InChI=1S/C19H20BrNO3/c1-17-14(22)6-7-19(20)13-10-11-4-5-12(23-3)16(24-17)15(11)18(17,19)8-9-21(13)2/h4-7,13H,8-10H2,1-3H3/t13-,17-,18-,19-/m1/s1. The molecule has 5 heteroatoms. The number of nitrogens with zero attached hydrogens (tertiary/aromatic N) is 1. The van der Waals surface area contributed by atoms with Crippen LogP contribution in [0.5, 0.6) is 11.5 Å². The fourth-order valence-corrected chi connectivity index (χ4v) is 7.05. The number of alkyl halides is 1. The van der Waals surface area contributed by atoms with E-state index < -0.39 is 5.60 Å². The summed E-state index contributed by atoms with van der Waals surface area (Å²) in [4.78, 5) is 15.4. The predicted molar refractivity (Wildman–Crippen MR) is 94.2 cm³/mol. The van der Waals surface area contributed by atoms with Crippen LogP contribution >= 0.6 is 15.9 Å². The van der Waals surface area contributed by atoms with Crippen molar-refractivity contribution in [2.75, 3.05) is 20.7 Å².